The van der Waals surface area contributed by atoms with Crippen LogP contribution >= 0.6 is 8.25 Å². The summed E-state index contributed by atoms with van der Waals surface area (Å²) in [7, 11) is -2.54. The largest absolute Gasteiger partial charge is 0.478 e. The normalized spacial score (nSPS) is 10.0. The number of aryl methyl sites for hydroxylation is 3. The van der Waals surface area contributed by atoms with E-state index in [1.807, 2.05) is 69.3 Å². The maximum absolute atomic E-state index is 11.5. The van der Waals surface area contributed by atoms with Crippen molar-refractivity contribution in [1.82, 2.24) is 0 Å². The van der Waals surface area contributed by atoms with E-state index in [-0.39, 0.29) is 0 Å². The summed E-state index contributed by atoms with van der Waals surface area (Å²) in [6.45, 7) is 5.61. The van der Waals surface area contributed by atoms with Gasteiger partial charge in [0.1, 0.15) is 11.5 Å². The number of carbonyl (C=O) groups is 1. The van der Waals surface area contributed by atoms with E-state index < -0.39 is 14.2 Å². The summed E-state index contributed by atoms with van der Waals surface area (Å²) in [5.74, 6) is 0.245. The molecule has 0 aliphatic carbocycles. The SMILES string of the molecule is Cc1cc(C)c(C(=O)O)c(C)c1.O=[PH](Oc1ccccc1)Oc1ccccc1. The van der Waals surface area contributed by atoms with Crippen LogP contribution in [0.4, 0.5) is 0 Å². The second-order valence-corrected chi connectivity index (χ2v) is 7.07. The third-order valence-corrected chi connectivity index (χ3v) is 4.58. The number of benzene rings is 3. The van der Waals surface area contributed by atoms with E-state index in [4.69, 9.17) is 14.2 Å². The van der Waals surface area contributed by atoms with Crippen LogP contribution in [-0.2, 0) is 4.57 Å². The second kappa shape index (κ2) is 10.3. The van der Waals surface area contributed by atoms with Crippen LogP contribution in [0, 0.1) is 20.8 Å². The van der Waals surface area contributed by atoms with Gasteiger partial charge in [0.15, 0.2) is 0 Å². The number of hydrogen-bond donors (Lipinski definition) is 1. The van der Waals surface area contributed by atoms with Crippen molar-refractivity contribution in [2.45, 2.75) is 20.8 Å². The molecule has 0 unspecified atom stereocenters. The van der Waals surface area contributed by atoms with E-state index in [1.54, 1.807) is 24.3 Å². The Kier molecular flexibility index (Phi) is 7.85. The molecule has 0 aromatic heterocycles. The summed E-state index contributed by atoms with van der Waals surface area (Å²) in [5, 5.41) is 8.84. The number of carboxylic acids is 1. The highest BCUT2D eigenvalue weighted by atomic mass is 31.1. The van der Waals surface area contributed by atoms with Crippen LogP contribution in [0.2, 0.25) is 0 Å². The molecule has 3 rings (SSSR count). The van der Waals surface area contributed by atoms with Gasteiger partial charge in [-0.15, -0.1) is 0 Å². The molecule has 146 valence electrons. The summed E-state index contributed by atoms with van der Waals surface area (Å²) in [6, 6.07) is 21.7. The van der Waals surface area contributed by atoms with E-state index in [2.05, 4.69) is 0 Å². The summed E-state index contributed by atoms with van der Waals surface area (Å²) < 4.78 is 21.8. The van der Waals surface area contributed by atoms with Gasteiger partial charge in [0.2, 0.25) is 0 Å². The Labute approximate surface area is 165 Å². The third-order valence-electron chi connectivity index (χ3n) is 3.78. The lowest BCUT2D eigenvalue weighted by Crippen LogP contribution is -2.03. The minimum Gasteiger partial charge on any atom is -0.478 e. The first-order valence-electron chi connectivity index (χ1n) is 8.67. The minimum atomic E-state index is -2.54. The zero-order valence-corrected chi connectivity index (χ0v) is 17.0. The molecule has 0 bridgehead atoms. The Hall–Kier alpha value is -3.04. The van der Waals surface area contributed by atoms with Crippen LogP contribution in [0.5, 0.6) is 11.5 Å². The van der Waals surface area contributed by atoms with E-state index in [0.717, 1.165) is 16.7 Å². The molecule has 28 heavy (non-hydrogen) atoms. The van der Waals surface area contributed by atoms with Crippen molar-refractivity contribution < 1.29 is 23.5 Å². The van der Waals surface area contributed by atoms with Gasteiger partial charge in [-0.3, -0.25) is 0 Å². The molecular weight excluding hydrogens is 375 g/mol. The molecule has 3 aromatic rings. The summed E-state index contributed by atoms with van der Waals surface area (Å²) in [6.07, 6.45) is 0. The van der Waals surface area contributed by atoms with E-state index >= 15 is 0 Å². The van der Waals surface area contributed by atoms with Crippen molar-refractivity contribution in [3.63, 3.8) is 0 Å². The summed E-state index contributed by atoms with van der Waals surface area (Å²) in [5.41, 5.74) is 3.20. The third kappa shape index (κ3) is 6.60. The fourth-order valence-corrected chi connectivity index (χ4v) is 3.41. The monoisotopic (exact) mass is 398 g/mol. The van der Waals surface area contributed by atoms with Crippen molar-refractivity contribution >= 4 is 14.2 Å². The Morgan fingerprint density at radius 1 is 0.786 bits per heavy atom. The maximum atomic E-state index is 11.5. The average molecular weight is 398 g/mol. The van der Waals surface area contributed by atoms with Crippen LogP contribution in [0.25, 0.3) is 0 Å². The molecule has 0 saturated carbocycles. The molecule has 3 aromatic carbocycles. The lowest BCUT2D eigenvalue weighted by molar-refractivity contribution is 0.0695. The Morgan fingerprint density at radius 3 is 1.54 bits per heavy atom. The highest BCUT2D eigenvalue weighted by Crippen LogP contribution is 2.29. The molecule has 0 spiro atoms. The number of carboxylic acid groups (broad SMARTS) is 1. The van der Waals surface area contributed by atoms with Gasteiger partial charge in [0.05, 0.1) is 5.56 Å². The first kappa shape index (κ1) is 21.3. The lowest BCUT2D eigenvalue weighted by Gasteiger charge is -2.07. The first-order valence-corrected chi connectivity index (χ1v) is 9.90. The molecule has 6 heteroatoms. The molecule has 0 amide bonds. The molecule has 0 radical (unpaired) electrons. The molecule has 0 aliphatic heterocycles. The van der Waals surface area contributed by atoms with Gasteiger partial charge in [-0.05, 0) is 56.2 Å². The molecule has 0 aliphatic rings. The van der Waals surface area contributed by atoms with E-state index in [0.29, 0.717) is 17.1 Å². The molecule has 0 heterocycles. The zero-order chi connectivity index (χ0) is 20.5. The van der Waals surface area contributed by atoms with Gasteiger partial charge in [0.25, 0.3) is 0 Å². The lowest BCUT2D eigenvalue weighted by atomic mass is 10.0. The number of para-hydroxylation sites is 2. The smallest absolute Gasteiger partial charge is 0.418 e. The predicted octanol–water partition coefficient (Wildman–Crippen LogP) is 5.84. The van der Waals surface area contributed by atoms with Crippen molar-refractivity contribution in [3.05, 3.63) is 95.1 Å². The molecular formula is C22H23O5P. The highest BCUT2D eigenvalue weighted by Gasteiger charge is 2.10. The first-order chi connectivity index (χ1) is 13.4. The van der Waals surface area contributed by atoms with Gasteiger partial charge < -0.3 is 14.2 Å². The minimum absolute atomic E-state index is 0.431. The number of hydrogen-bond acceptors (Lipinski definition) is 4. The van der Waals surface area contributed by atoms with Gasteiger partial charge >= 0.3 is 14.2 Å². The van der Waals surface area contributed by atoms with Crippen molar-refractivity contribution in [3.8, 4) is 11.5 Å². The average Bonchev–Trinajstić information content (AvgIpc) is 2.62. The molecule has 0 atom stereocenters. The van der Waals surface area contributed by atoms with Gasteiger partial charge in [0, 0.05) is 0 Å². The molecule has 0 fully saturated rings. The zero-order valence-electron chi connectivity index (χ0n) is 16.0. The Balaban J connectivity index is 0.000000209. The molecule has 0 saturated heterocycles. The standard InChI is InChI=1S/C12H11O3P.C10H12O2/c13-16(14-11-7-3-1-4-8-11)15-12-9-5-2-6-10-12;1-6-4-7(2)9(10(11)12)8(3)5-6/h1-10,16H;4-5H,1-3H3,(H,11,12). The summed E-state index contributed by atoms with van der Waals surface area (Å²) >= 11 is 0. The quantitative estimate of drug-likeness (QED) is 0.546. The maximum Gasteiger partial charge on any atom is 0.418 e. The molecule has 5 nitrogen and oxygen atoms in total. The van der Waals surface area contributed by atoms with Crippen molar-refractivity contribution in [2.75, 3.05) is 0 Å². The second-order valence-electron chi connectivity index (χ2n) is 6.16. The van der Waals surface area contributed by atoms with E-state index in [1.165, 1.54) is 0 Å². The fourth-order valence-electron chi connectivity index (χ4n) is 2.71. The predicted molar refractivity (Wildman–Crippen MR) is 111 cm³/mol. The van der Waals surface area contributed by atoms with Crippen molar-refractivity contribution in [1.29, 1.82) is 0 Å². The van der Waals surface area contributed by atoms with Gasteiger partial charge in [-0.1, -0.05) is 54.1 Å². The molecule has 1 N–H and O–H groups in total. The van der Waals surface area contributed by atoms with Crippen LogP contribution < -0.4 is 9.05 Å². The fraction of sp³-hybridized carbons (Fsp3) is 0.136. The van der Waals surface area contributed by atoms with Crippen LogP contribution in [0.3, 0.4) is 0 Å². The Bertz CT molecular complexity index is 873. The van der Waals surface area contributed by atoms with Gasteiger partial charge in [-0.2, -0.15) is 0 Å². The Morgan fingerprint density at radius 2 is 1.18 bits per heavy atom. The van der Waals surface area contributed by atoms with Crippen LogP contribution in [-0.4, -0.2) is 11.1 Å². The highest BCUT2D eigenvalue weighted by molar-refractivity contribution is 7.34. The van der Waals surface area contributed by atoms with Crippen molar-refractivity contribution in [2.24, 2.45) is 0 Å². The van der Waals surface area contributed by atoms with Crippen LogP contribution in [0.15, 0.2) is 72.8 Å². The summed E-state index contributed by atoms with van der Waals surface area (Å²) in [4.78, 5) is 10.8. The number of rotatable bonds is 5. The van der Waals surface area contributed by atoms with Gasteiger partial charge in [-0.25, -0.2) is 9.36 Å². The topological polar surface area (TPSA) is 72.8 Å². The van der Waals surface area contributed by atoms with Crippen LogP contribution in [0.1, 0.15) is 27.0 Å². The number of aromatic carboxylic acids is 1. The van der Waals surface area contributed by atoms with E-state index in [9.17, 15) is 9.36 Å².